The van der Waals surface area contributed by atoms with Crippen molar-refractivity contribution in [3.63, 3.8) is 0 Å². The Balaban J connectivity index is 2.46. The molecule has 0 radical (unpaired) electrons. The fraction of sp³-hybridized carbons (Fsp3) is 0.538. The van der Waals surface area contributed by atoms with E-state index in [1.165, 1.54) is 16.8 Å². The molecular weight excluding hydrogens is 170 g/mol. The zero-order chi connectivity index (χ0) is 10.3. The molecule has 0 spiro atoms. The highest BCUT2D eigenvalue weighted by Gasteiger charge is 2.27. The maximum Gasteiger partial charge on any atom is 0.0377 e. The summed E-state index contributed by atoms with van der Waals surface area (Å²) < 4.78 is 0. The summed E-state index contributed by atoms with van der Waals surface area (Å²) in [5, 5.41) is 3.57. The summed E-state index contributed by atoms with van der Waals surface area (Å²) >= 11 is 0. The van der Waals surface area contributed by atoms with Crippen molar-refractivity contribution in [3.05, 3.63) is 29.3 Å². The van der Waals surface area contributed by atoms with Gasteiger partial charge in [0, 0.05) is 11.7 Å². The van der Waals surface area contributed by atoms with Crippen LogP contribution in [-0.2, 0) is 0 Å². The first-order valence-corrected chi connectivity index (χ1v) is 5.46. The third-order valence-electron chi connectivity index (χ3n) is 3.66. The molecule has 14 heavy (non-hydrogen) atoms. The van der Waals surface area contributed by atoms with Crippen LogP contribution in [0.15, 0.2) is 18.2 Å². The molecule has 1 heteroatoms. The number of benzene rings is 1. The summed E-state index contributed by atoms with van der Waals surface area (Å²) in [7, 11) is 0. The van der Waals surface area contributed by atoms with E-state index in [0.29, 0.717) is 17.9 Å². The van der Waals surface area contributed by atoms with Gasteiger partial charge in [-0.05, 0) is 37.3 Å². The molecule has 0 aliphatic carbocycles. The maximum absolute atomic E-state index is 3.57. The average molecular weight is 189 g/mol. The minimum absolute atomic E-state index is 0.584. The number of hydrogen-bond acceptors (Lipinski definition) is 1. The smallest absolute Gasteiger partial charge is 0.0377 e. The van der Waals surface area contributed by atoms with Gasteiger partial charge in [0.05, 0.1) is 0 Å². The number of anilines is 1. The lowest BCUT2D eigenvalue weighted by Crippen LogP contribution is -2.32. The van der Waals surface area contributed by atoms with Gasteiger partial charge in [-0.1, -0.05) is 31.5 Å². The highest BCUT2D eigenvalue weighted by Crippen LogP contribution is 2.37. The minimum atomic E-state index is 0.584. The van der Waals surface area contributed by atoms with Crippen LogP contribution >= 0.6 is 0 Å². The van der Waals surface area contributed by atoms with Crippen LogP contribution in [0.3, 0.4) is 0 Å². The largest absolute Gasteiger partial charge is 0.382 e. The predicted molar refractivity (Wildman–Crippen MR) is 61.8 cm³/mol. The second-order valence-corrected chi connectivity index (χ2v) is 4.67. The molecule has 1 nitrogen and oxygen atoms in total. The summed E-state index contributed by atoms with van der Waals surface area (Å²) in [6.07, 6.45) is 0. The van der Waals surface area contributed by atoms with Crippen molar-refractivity contribution >= 4 is 5.69 Å². The fourth-order valence-electron chi connectivity index (χ4n) is 2.28. The van der Waals surface area contributed by atoms with Crippen LogP contribution in [0.4, 0.5) is 5.69 Å². The Bertz CT molecular complexity index is 343. The Morgan fingerprint density at radius 1 is 1.14 bits per heavy atom. The Morgan fingerprint density at radius 3 is 2.57 bits per heavy atom. The molecule has 1 aliphatic heterocycles. The molecule has 76 valence electrons. The molecule has 0 bridgehead atoms. The molecule has 1 aromatic carbocycles. The summed E-state index contributed by atoms with van der Waals surface area (Å²) in [6, 6.07) is 7.29. The summed E-state index contributed by atoms with van der Waals surface area (Å²) in [5.74, 6) is 1.38. The molecule has 0 saturated heterocycles. The first-order chi connectivity index (χ1) is 6.59. The van der Waals surface area contributed by atoms with E-state index >= 15 is 0 Å². The summed E-state index contributed by atoms with van der Waals surface area (Å²) in [6.45, 7) is 9.09. The highest BCUT2D eigenvalue weighted by atomic mass is 14.9. The van der Waals surface area contributed by atoms with Gasteiger partial charge in [0.2, 0.25) is 0 Å². The van der Waals surface area contributed by atoms with Gasteiger partial charge in [0.25, 0.3) is 0 Å². The lowest BCUT2D eigenvalue weighted by atomic mass is 9.80. The first kappa shape index (κ1) is 9.57. The topological polar surface area (TPSA) is 12.0 Å². The van der Waals surface area contributed by atoms with E-state index in [1.807, 2.05) is 0 Å². The standard InChI is InChI=1S/C13H19N/c1-8-5-6-13-12(7-8)10(3)9(2)11(4)14-13/h5-7,9-11,14H,1-4H3. The zero-order valence-corrected chi connectivity index (χ0v) is 9.46. The monoisotopic (exact) mass is 189 g/mol. The van der Waals surface area contributed by atoms with Crippen molar-refractivity contribution in [2.45, 2.75) is 39.7 Å². The van der Waals surface area contributed by atoms with E-state index in [1.54, 1.807) is 0 Å². The lowest BCUT2D eigenvalue weighted by Gasteiger charge is -2.35. The van der Waals surface area contributed by atoms with Crippen molar-refractivity contribution in [2.75, 3.05) is 5.32 Å². The van der Waals surface area contributed by atoms with Crippen molar-refractivity contribution in [3.8, 4) is 0 Å². The number of rotatable bonds is 0. The van der Waals surface area contributed by atoms with Crippen LogP contribution in [0.25, 0.3) is 0 Å². The van der Waals surface area contributed by atoms with Gasteiger partial charge in [0.15, 0.2) is 0 Å². The molecule has 0 amide bonds. The van der Waals surface area contributed by atoms with E-state index in [0.717, 1.165) is 0 Å². The molecule has 0 aromatic heterocycles. The third-order valence-corrected chi connectivity index (χ3v) is 3.66. The van der Waals surface area contributed by atoms with E-state index in [4.69, 9.17) is 0 Å². The molecular formula is C13H19N. The number of hydrogen-bond donors (Lipinski definition) is 1. The van der Waals surface area contributed by atoms with Gasteiger partial charge < -0.3 is 5.32 Å². The summed E-state index contributed by atoms with van der Waals surface area (Å²) in [4.78, 5) is 0. The van der Waals surface area contributed by atoms with Crippen molar-refractivity contribution in [2.24, 2.45) is 5.92 Å². The molecule has 1 aliphatic rings. The minimum Gasteiger partial charge on any atom is -0.382 e. The molecule has 2 rings (SSSR count). The second kappa shape index (κ2) is 3.30. The Labute approximate surface area is 86.5 Å². The van der Waals surface area contributed by atoms with Gasteiger partial charge in [0.1, 0.15) is 0 Å². The van der Waals surface area contributed by atoms with Gasteiger partial charge in [-0.25, -0.2) is 0 Å². The van der Waals surface area contributed by atoms with Crippen LogP contribution in [0.5, 0.6) is 0 Å². The Morgan fingerprint density at radius 2 is 1.86 bits per heavy atom. The molecule has 3 atom stereocenters. The van der Waals surface area contributed by atoms with E-state index in [-0.39, 0.29) is 0 Å². The molecule has 1 heterocycles. The third kappa shape index (κ3) is 1.41. The molecule has 0 fully saturated rings. The predicted octanol–water partition coefficient (Wildman–Crippen LogP) is 3.55. The first-order valence-electron chi connectivity index (χ1n) is 5.46. The molecule has 3 unspecified atom stereocenters. The van der Waals surface area contributed by atoms with E-state index in [2.05, 4.69) is 51.2 Å². The van der Waals surface area contributed by atoms with E-state index < -0.39 is 0 Å². The number of nitrogens with one attached hydrogen (secondary N) is 1. The SMILES string of the molecule is Cc1ccc2c(c1)C(C)C(C)C(C)N2. The molecule has 0 saturated carbocycles. The van der Waals surface area contributed by atoms with Gasteiger partial charge >= 0.3 is 0 Å². The second-order valence-electron chi connectivity index (χ2n) is 4.67. The van der Waals surface area contributed by atoms with Crippen LogP contribution in [0.1, 0.15) is 37.8 Å². The van der Waals surface area contributed by atoms with Crippen LogP contribution < -0.4 is 5.32 Å². The summed E-state index contributed by atoms with van der Waals surface area (Å²) in [5.41, 5.74) is 4.17. The molecule has 1 N–H and O–H groups in total. The average Bonchev–Trinajstić information content (AvgIpc) is 2.16. The fourth-order valence-corrected chi connectivity index (χ4v) is 2.28. The van der Waals surface area contributed by atoms with Crippen molar-refractivity contribution in [1.29, 1.82) is 0 Å². The van der Waals surface area contributed by atoms with Crippen molar-refractivity contribution in [1.82, 2.24) is 0 Å². The molecule has 1 aromatic rings. The van der Waals surface area contributed by atoms with Gasteiger partial charge in [-0.3, -0.25) is 0 Å². The van der Waals surface area contributed by atoms with Crippen LogP contribution in [0, 0.1) is 12.8 Å². The zero-order valence-electron chi connectivity index (χ0n) is 9.46. The van der Waals surface area contributed by atoms with Crippen LogP contribution in [-0.4, -0.2) is 6.04 Å². The van der Waals surface area contributed by atoms with Gasteiger partial charge in [-0.2, -0.15) is 0 Å². The number of fused-ring (bicyclic) bond motifs is 1. The highest BCUT2D eigenvalue weighted by molar-refractivity contribution is 5.57. The van der Waals surface area contributed by atoms with Gasteiger partial charge in [-0.15, -0.1) is 0 Å². The quantitative estimate of drug-likeness (QED) is 0.658. The lowest BCUT2D eigenvalue weighted by molar-refractivity contribution is 0.420. The van der Waals surface area contributed by atoms with Crippen LogP contribution in [0.2, 0.25) is 0 Å². The number of aryl methyl sites for hydroxylation is 1. The Kier molecular flexibility index (Phi) is 2.26. The normalized spacial score (nSPS) is 30.7. The van der Waals surface area contributed by atoms with E-state index in [9.17, 15) is 0 Å². The maximum atomic E-state index is 3.57. The Hall–Kier alpha value is -0.980. The van der Waals surface area contributed by atoms with Crippen molar-refractivity contribution < 1.29 is 0 Å².